The highest BCUT2D eigenvalue weighted by molar-refractivity contribution is 9.10. The van der Waals surface area contributed by atoms with Crippen molar-refractivity contribution in [3.05, 3.63) is 179 Å². The number of hydrogen-bond acceptors (Lipinski definition) is 0. The minimum absolute atomic E-state index is 0.261. The van der Waals surface area contributed by atoms with E-state index in [0.29, 0.717) is 0 Å². The summed E-state index contributed by atoms with van der Waals surface area (Å²) in [5, 5.41) is 0. The minimum atomic E-state index is 0.261. The van der Waals surface area contributed by atoms with Gasteiger partial charge in [0.25, 0.3) is 0 Å². The van der Waals surface area contributed by atoms with Crippen LogP contribution >= 0.6 is 15.9 Å². The van der Waals surface area contributed by atoms with Crippen molar-refractivity contribution in [3.8, 4) is 33.4 Å². The maximum Gasteiger partial charge on any atom is 0.0175 e. The number of halogens is 1. The Morgan fingerprint density at radius 2 is 0.692 bits per heavy atom. The molecule has 0 radical (unpaired) electrons. The fraction of sp³-hybridized carbons (Fsp3) is 0.0526. The van der Waals surface area contributed by atoms with Crippen molar-refractivity contribution < 1.29 is 0 Å². The highest BCUT2D eigenvalue weighted by Crippen LogP contribution is 2.33. The summed E-state index contributed by atoms with van der Waals surface area (Å²) in [6.07, 6.45) is 0.942. The van der Waals surface area contributed by atoms with E-state index >= 15 is 0 Å². The van der Waals surface area contributed by atoms with Crippen molar-refractivity contribution >= 4 is 15.9 Å². The Morgan fingerprint density at radius 3 is 1.10 bits per heavy atom. The van der Waals surface area contributed by atoms with Crippen LogP contribution in [0.2, 0.25) is 0 Å². The monoisotopic (exact) mass is 564 g/mol. The summed E-state index contributed by atoms with van der Waals surface area (Å²) in [5.41, 5.74) is 11.5. The maximum absolute atomic E-state index is 3.54. The van der Waals surface area contributed by atoms with E-state index < -0.39 is 0 Å². The van der Waals surface area contributed by atoms with Crippen LogP contribution in [0.1, 0.15) is 22.6 Å². The molecule has 1 atom stereocenters. The largest absolute Gasteiger partial charge is 0.0622 e. The Bertz CT molecular complexity index is 1620. The third kappa shape index (κ3) is 5.95. The van der Waals surface area contributed by atoms with Gasteiger partial charge >= 0.3 is 0 Å². The van der Waals surface area contributed by atoms with E-state index in [1.807, 2.05) is 0 Å². The molecule has 0 saturated carbocycles. The molecule has 0 spiro atoms. The molecular weight excluding hydrogens is 536 g/mol. The van der Waals surface area contributed by atoms with Gasteiger partial charge in [-0.05, 0) is 68.6 Å². The molecule has 0 saturated heterocycles. The number of benzene rings is 6. The second kappa shape index (κ2) is 11.7. The summed E-state index contributed by atoms with van der Waals surface area (Å²) < 4.78 is 1.10. The fourth-order valence-corrected chi connectivity index (χ4v) is 5.48. The van der Waals surface area contributed by atoms with Gasteiger partial charge in [0.05, 0.1) is 0 Å². The topological polar surface area (TPSA) is 0 Å². The Morgan fingerprint density at radius 1 is 0.359 bits per heavy atom. The second-order valence-corrected chi connectivity index (χ2v) is 10.9. The van der Waals surface area contributed by atoms with Crippen LogP contribution in [0.5, 0.6) is 0 Å². The lowest BCUT2D eigenvalue weighted by Crippen LogP contribution is -2.05. The average Bonchev–Trinajstić information content (AvgIpc) is 3.02. The van der Waals surface area contributed by atoms with Crippen molar-refractivity contribution in [3.63, 3.8) is 0 Å². The van der Waals surface area contributed by atoms with Crippen LogP contribution in [-0.2, 0) is 6.42 Å². The zero-order chi connectivity index (χ0) is 26.4. The van der Waals surface area contributed by atoms with Gasteiger partial charge in [-0.15, -0.1) is 0 Å². The first kappa shape index (κ1) is 25.1. The summed E-state index contributed by atoms with van der Waals surface area (Å²) in [6.45, 7) is 0. The zero-order valence-electron chi connectivity index (χ0n) is 21.7. The van der Waals surface area contributed by atoms with Crippen molar-refractivity contribution in [1.29, 1.82) is 0 Å². The smallest absolute Gasteiger partial charge is 0.0175 e. The van der Waals surface area contributed by atoms with E-state index in [0.717, 1.165) is 10.9 Å². The predicted octanol–water partition coefficient (Wildman–Crippen LogP) is 10.8. The molecular formula is C38H29Br. The minimum Gasteiger partial charge on any atom is -0.0622 e. The van der Waals surface area contributed by atoms with Gasteiger partial charge in [0, 0.05) is 10.4 Å². The summed E-state index contributed by atoms with van der Waals surface area (Å²) >= 11 is 3.54. The average molecular weight is 566 g/mol. The molecule has 0 aromatic heterocycles. The lowest BCUT2D eigenvalue weighted by atomic mass is 9.84. The van der Waals surface area contributed by atoms with Crippen molar-refractivity contribution in [1.82, 2.24) is 0 Å². The molecule has 0 aliphatic heterocycles. The lowest BCUT2D eigenvalue weighted by molar-refractivity contribution is 0.805. The van der Waals surface area contributed by atoms with Gasteiger partial charge in [-0.25, -0.2) is 0 Å². The quantitative estimate of drug-likeness (QED) is 0.181. The zero-order valence-corrected chi connectivity index (χ0v) is 23.3. The Labute approximate surface area is 239 Å². The van der Waals surface area contributed by atoms with Gasteiger partial charge in [0.15, 0.2) is 0 Å². The standard InChI is InChI=1S/C38H29Br/c39-37-25-23-34(24-26-37)33-17-21-36(22-18-33)38(35-19-15-32(16-20-35)30-9-5-2-6-10-30)27-28-11-13-31(14-12-28)29-7-3-1-4-8-29/h1-26,38H,27H2. The summed E-state index contributed by atoms with van der Waals surface area (Å²) in [6, 6.07) is 57.0. The first-order valence-corrected chi connectivity index (χ1v) is 14.2. The molecule has 0 aliphatic rings. The summed E-state index contributed by atoms with van der Waals surface area (Å²) in [4.78, 5) is 0. The Balaban J connectivity index is 1.32. The molecule has 0 fully saturated rings. The molecule has 6 rings (SSSR count). The summed E-state index contributed by atoms with van der Waals surface area (Å²) in [7, 11) is 0. The Hall–Kier alpha value is -4.20. The highest BCUT2D eigenvalue weighted by atomic mass is 79.9. The van der Waals surface area contributed by atoms with Crippen LogP contribution in [0.3, 0.4) is 0 Å². The molecule has 188 valence electrons. The molecule has 39 heavy (non-hydrogen) atoms. The van der Waals surface area contributed by atoms with Gasteiger partial charge in [-0.3, -0.25) is 0 Å². The van der Waals surface area contributed by atoms with Crippen LogP contribution in [-0.4, -0.2) is 0 Å². The normalized spacial score (nSPS) is 11.7. The molecule has 0 N–H and O–H groups in total. The number of hydrogen-bond donors (Lipinski definition) is 0. The molecule has 0 amide bonds. The lowest BCUT2D eigenvalue weighted by Gasteiger charge is -2.20. The molecule has 0 nitrogen and oxygen atoms in total. The first-order valence-electron chi connectivity index (χ1n) is 13.4. The SMILES string of the molecule is Brc1ccc(-c2ccc(C(Cc3ccc(-c4ccccc4)cc3)c3ccc(-c4ccccc4)cc3)cc2)cc1. The van der Waals surface area contributed by atoms with Gasteiger partial charge in [-0.1, -0.05) is 162 Å². The highest BCUT2D eigenvalue weighted by Gasteiger charge is 2.16. The van der Waals surface area contributed by atoms with E-state index in [9.17, 15) is 0 Å². The van der Waals surface area contributed by atoms with E-state index in [-0.39, 0.29) is 5.92 Å². The van der Waals surface area contributed by atoms with Gasteiger partial charge < -0.3 is 0 Å². The van der Waals surface area contributed by atoms with Crippen molar-refractivity contribution in [2.24, 2.45) is 0 Å². The van der Waals surface area contributed by atoms with Crippen LogP contribution in [0, 0.1) is 0 Å². The molecule has 1 heteroatoms. The Kier molecular flexibility index (Phi) is 7.52. The second-order valence-electron chi connectivity index (χ2n) is 9.94. The molecule has 0 aliphatic carbocycles. The molecule has 6 aromatic carbocycles. The maximum atomic E-state index is 3.54. The van der Waals surface area contributed by atoms with Crippen LogP contribution in [0.15, 0.2) is 162 Å². The first-order chi connectivity index (χ1) is 19.2. The van der Waals surface area contributed by atoms with E-state index in [1.165, 1.54) is 50.1 Å². The van der Waals surface area contributed by atoms with Crippen LogP contribution in [0.25, 0.3) is 33.4 Å². The van der Waals surface area contributed by atoms with E-state index in [2.05, 4.69) is 174 Å². The van der Waals surface area contributed by atoms with Crippen LogP contribution in [0.4, 0.5) is 0 Å². The van der Waals surface area contributed by atoms with E-state index in [1.54, 1.807) is 0 Å². The van der Waals surface area contributed by atoms with Gasteiger partial charge in [0.1, 0.15) is 0 Å². The molecule has 0 bridgehead atoms. The molecule has 1 unspecified atom stereocenters. The van der Waals surface area contributed by atoms with Crippen molar-refractivity contribution in [2.45, 2.75) is 12.3 Å². The fourth-order valence-electron chi connectivity index (χ4n) is 5.22. The van der Waals surface area contributed by atoms with Crippen molar-refractivity contribution in [2.75, 3.05) is 0 Å². The van der Waals surface area contributed by atoms with E-state index in [4.69, 9.17) is 0 Å². The van der Waals surface area contributed by atoms with Gasteiger partial charge in [-0.2, -0.15) is 0 Å². The molecule has 0 heterocycles. The van der Waals surface area contributed by atoms with Gasteiger partial charge in [0.2, 0.25) is 0 Å². The predicted molar refractivity (Wildman–Crippen MR) is 169 cm³/mol. The third-order valence-electron chi connectivity index (χ3n) is 7.41. The number of rotatable bonds is 7. The summed E-state index contributed by atoms with van der Waals surface area (Å²) in [5.74, 6) is 0.261. The molecule has 6 aromatic rings. The van der Waals surface area contributed by atoms with Crippen LogP contribution < -0.4 is 0 Å². The third-order valence-corrected chi connectivity index (χ3v) is 7.94.